The average molecular weight is 413 g/mol. The maximum Gasteiger partial charge on any atom is 0.299 e. The van der Waals surface area contributed by atoms with Crippen molar-refractivity contribution < 1.29 is 12.6 Å². The van der Waals surface area contributed by atoms with Gasteiger partial charge in [-0.05, 0) is 48.5 Å². The van der Waals surface area contributed by atoms with E-state index in [1.807, 2.05) is 6.07 Å². The molecule has 0 saturated heterocycles. The monoisotopic (exact) mass is 412 g/mol. The molecule has 25 heavy (non-hydrogen) atoms. The number of benzene rings is 1. The Labute approximate surface area is 155 Å². The van der Waals surface area contributed by atoms with Gasteiger partial charge in [0.15, 0.2) is 0 Å². The van der Waals surface area contributed by atoms with E-state index in [4.69, 9.17) is 11.6 Å². The molecule has 2 aromatic heterocycles. The van der Waals surface area contributed by atoms with Crippen LogP contribution in [0.1, 0.15) is 0 Å². The highest BCUT2D eigenvalue weighted by molar-refractivity contribution is 8.03. The second-order valence-corrected chi connectivity index (χ2v) is 11.0. The molecule has 1 unspecified atom stereocenters. The Kier molecular flexibility index (Phi) is 4.97. The lowest BCUT2D eigenvalue weighted by molar-refractivity contribution is 0.600. The summed E-state index contributed by atoms with van der Waals surface area (Å²) in [5.41, 5.74) is 0.670. The topological polar surface area (TPSA) is 76.5 Å². The average Bonchev–Trinajstić information content (AvgIpc) is 3.06. The first-order valence-electron chi connectivity index (χ1n) is 7.03. The van der Waals surface area contributed by atoms with Crippen LogP contribution >= 0.6 is 22.9 Å². The molecule has 5 nitrogen and oxygen atoms in total. The van der Waals surface area contributed by atoms with E-state index in [9.17, 15) is 12.6 Å². The maximum atomic E-state index is 12.8. The molecule has 0 bridgehead atoms. The third-order valence-electron chi connectivity index (χ3n) is 3.24. The molecular weight excluding hydrogens is 400 g/mol. The van der Waals surface area contributed by atoms with Gasteiger partial charge in [0.1, 0.15) is 4.21 Å². The number of sulfonamides is 1. The summed E-state index contributed by atoms with van der Waals surface area (Å²) >= 11 is 6.85. The van der Waals surface area contributed by atoms with Crippen LogP contribution in [0.15, 0.2) is 73.7 Å². The van der Waals surface area contributed by atoms with E-state index >= 15 is 0 Å². The minimum absolute atomic E-state index is 0.0247. The van der Waals surface area contributed by atoms with Gasteiger partial charge in [-0.15, -0.1) is 15.1 Å². The van der Waals surface area contributed by atoms with Crippen LogP contribution in [0.5, 0.6) is 0 Å². The maximum absolute atomic E-state index is 12.8. The third kappa shape index (κ3) is 4.09. The van der Waals surface area contributed by atoms with Gasteiger partial charge in [0.05, 0.1) is 20.3 Å². The summed E-state index contributed by atoms with van der Waals surface area (Å²) in [4.78, 5) is 5.20. The summed E-state index contributed by atoms with van der Waals surface area (Å²) in [5.74, 6) is 0. The number of thiophene rings is 1. The van der Waals surface area contributed by atoms with Crippen LogP contribution in [0.25, 0.3) is 10.6 Å². The molecule has 0 fully saturated rings. The van der Waals surface area contributed by atoms with Crippen molar-refractivity contribution in [1.82, 2.24) is 4.98 Å². The predicted octanol–water partition coefficient (Wildman–Crippen LogP) is 4.31. The number of hydrogen-bond donors (Lipinski definition) is 0. The number of hydrogen-bond acceptors (Lipinski definition) is 5. The van der Waals surface area contributed by atoms with Crippen molar-refractivity contribution in [2.24, 2.45) is 3.77 Å². The van der Waals surface area contributed by atoms with Crippen molar-refractivity contribution in [3.8, 4) is 10.6 Å². The molecule has 0 saturated carbocycles. The molecule has 0 aliphatic carbocycles. The Morgan fingerprint density at radius 3 is 2.36 bits per heavy atom. The molecule has 0 radical (unpaired) electrons. The number of nitrogens with zero attached hydrogens (tertiary/aromatic N) is 2. The molecule has 9 heteroatoms. The Bertz CT molecular complexity index is 1110. The van der Waals surface area contributed by atoms with E-state index in [2.05, 4.69) is 8.75 Å². The van der Waals surface area contributed by atoms with E-state index < -0.39 is 19.8 Å². The smallest absolute Gasteiger partial charge is 0.255 e. The number of aromatic nitrogens is 1. The minimum atomic E-state index is -4.06. The first-order chi connectivity index (χ1) is 11.8. The number of halogens is 1. The van der Waals surface area contributed by atoms with Gasteiger partial charge >= 0.3 is 0 Å². The standard InChI is InChI=1S/C16H13ClN2O3S3/c1-24(20,13-7-5-12(17)6-8-13)19-25(21,22)16-10-9-15(23-16)14-4-2-3-11-18-14/h2-11H,1H3. The largest absolute Gasteiger partial charge is 0.299 e. The van der Waals surface area contributed by atoms with Gasteiger partial charge in [-0.1, -0.05) is 17.7 Å². The zero-order valence-electron chi connectivity index (χ0n) is 13.0. The van der Waals surface area contributed by atoms with Crippen LogP contribution in [0.4, 0.5) is 0 Å². The summed E-state index contributed by atoms with van der Waals surface area (Å²) < 4.78 is 41.6. The zero-order chi connectivity index (χ0) is 18.1. The van der Waals surface area contributed by atoms with Gasteiger partial charge < -0.3 is 0 Å². The summed E-state index contributed by atoms with van der Waals surface area (Å²) in [6.45, 7) is 0. The van der Waals surface area contributed by atoms with E-state index in [0.717, 1.165) is 11.3 Å². The first-order valence-corrected chi connectivity index (χ1v) is 11.6. The van der Waals surface area contributed by atoms with E-state index in [1.54, 1.807) is 36.5 Å². The SMILES string of the molecule is CS(=O)(=NS(=O)(=O)c1ccc(-c2ccccn2)s1)c1ccc(Cl)cc1. The van der Waals surface area contributed by atoms with E-state index in [1.165, 1.54) is 24.5 Å². The Hall–Kier alpha value is -1.74. The molecule has 0 aliphatic rings. The lowest BCUT2D eigenvalue weighted by Crippen LogP contribution is -2.03. The fraction of sp³-hybridized carbons (Fsp3) is 0.0625. The van der Waals surface area contributed by atoms with Gasteiger partial charge in [0, 0.05) is 22.4 Å². The second-order valence-electron chi connectivity index (χ2n) is 5.14. The third-order valence-corrected chi connectivity index (χ3v) is 8.99. The quantitative estimate of drug-likeness (QED) is 0.639. The fourth-order valence-electron chi connectivity index (χ4n) is 2.06. The zero-order valence-corrected chi connectivity index (χ0v) is 16.2. The highest BCUT2D eigenvalue weighted by Crippen LogP contribution is 2.31. The molecule has 2 heterocycles. The van der Waals surface area contributed by atoms with Crippen LogP contribution in [0, 0.1) is 0 Å². The lowest BCUT2D eigenvalue weighted by atomic mass is 10.3. The van der Waals surface area contributed by atoms with Crippen molar-refractivity contribution in [2.45, 2.75) is 9.10 Å². The fourth-order valence-corrected chi connectivity index (χ4v) is 6.88. The predicted molar refractivity (Wildman–Crippen MR) is 101 cm³/mol. The Morgan fingerprint density at radius 2 is 1.72 bits per heavy atom. The van der Waals surface area contributed by atoms with Crippen LogP contribution in [0.2, 0.25) is 5.02 Å². The van der Waals surface area contributed by atoms with Crippen molar-refractivity contribution in [3.05, 3.63) is 65.8 Å². The highest BCUT2D eigenvalue weighted by Gasteiger charge is 2.20. The van der Waals surface area contributed by atoms with Crippen molar-refractivity contribution in [1.29, 1.82) is 0 Å². The molecule has 0 aliphatic heterocycles. The minimum Gasteiger partial charge on any atom is -0.255 e. The molecule has 130 valence electrons. The van der Waals surface area contributed by atoms with Gasteiger partial charge in [-0.3, -0.25) is 4.98 Å². The molecular formula is C16H13ClN2O3S3. The molecule has 0 amide bonds. The number of pyridine rings is 1. The number of rotatable bonds is 4. The Balaban J connectivity index is 2.01. The molecule has 3 rings (SSSR count). The highest BCUT2D eigenvalue weighted by atomic mass is 35.5. The Morgan fingerprint density at radius 1 is 1.00 bits per heavy atom. The first kappa shape index (κ1) is 18.1. The molecule has 3 aromatic rings. The van der Waals surface area contributed by atoms with E-state index in [0.29, 0.717) is 20.5 Å². The molecule has 0 spiro atoms. The van der Waals surface area contributed by atoms with Gasteiger partial charge in [0.2, 0.25) is 0 Å². The normalized spacial score (nSPS) is 14.0. The van der Waals surface area contributed by atoms with Crippen molar-refractivity contribution >= 4 is 42.7 Å². The molecule has 0 N–H and O–H groups in total. The van der Waals surface area contributed by atoms with Crippen LogP contribution in [-0.4, -0.2) is 23.9 Å². The van der Waals surface area contributed by atoms with Gasteiger partial charge in [-0.2, -0.15) is 8.42 Å². The van der Waals surface area contributed by atoms with Gasteiger partial charge in [0.25, 0.3) is 10.0 Å². The summed E-state index contributed by atoms with van der Waals surface area (Å²) in [7, 11) is -7.17. The van der Waals surface area contributed by atoms with E-state index in [-0.39, 0.29) is 4.21 Å². The second kappa shape index (κ2) is 6.87. The van der Waals surface area contributed by atoms with Gasteiger partial charge in [-0.25, -0.2) is 4.21 Å². The lowest BCUT2D eigenvalue weighted by Gasteiger charge is -2.04. The molecule has 1 atom stereocenters. The van der Waals surface area contributed by atoms with Crippen molar-refractivity contribution in [2.75, 3.05) is 6.26 Å². The van der Waals surface area contributed by atoms with Crippen LogP contribution in [0.3, 0.4) is 0 Å². The summed E-state index contributed by atoms with van der Waals surface area (Å²) in [6, 6.07) is 14.6. The van der Waals surface area contributed by atoms with Crippen LogP contribution < -0.4 is 0 Å². The summed E-state index contributed by atoms with van der Waals surface area (Å²) in [5, 5.41) is 0.472. The van der Waals surface area contributed by atoms with Crippen LogP contribution in [-0.2, 0) is 19.8 Å². The summed E-state index contributed by atoms with van der Waals surface area (Å²) in [6.07, 6.45) is 2.92. The van der Waals surface area contributed by atoms with Crippen molar-refractivity contribution in [3.63, 3.8) is 0 Å². The molecule has 1 aromatic carbocycles.